The Bertz CT molecular complexity index is 279. The van der Waals surface area contributed by atoms with Crippen LogP contribution in [0.3, 0.4) is 0 Å². The minimum atomic E-state index is -0.506. The molecule has 17 heavy (non-hydrogen) atoms. The average Bonchev–Trinajstić information content (AvgIpc) is 2.61. The quantitative estimate of drug-likeness (QED) is 0.695. The molecule has 2 amide bonds. The molecule has 5 nitrogen and oxygen atoms in total. The lowest BCUT2D eigenvalue weighted by molar-refractivity contribution is -0.133. The van der Waals surface area contributed by atoms with Crippen LogP contribution in [0.25, 0.3) is 0 Å². The van der Waals surface area contributed by atoms with Gasteiger partial charge < -0.3 is 15.3 Å². The van der Waals surface area contributed by atoms with Gasteiger partial charge in [0.25, 0.3) is 0 Å². The van der Waals surface area contributed by atoms with E-state index in [0.717, 1.165) is 6.42 Å². The molecule has 1 aliphatic rings. The highest BCUT2D eigenvalue weighted by Gasteiger charge is 2.22. The van der Waals surface area contributed by atoms with Crippen LogP contribution >= 0.6 is 0 Å². The number of aliphatic hydroxyl groups is 1. The zero-order valence-corrected chi connectivity index (χ0v) is 10.6. The fraction of sp³-hybridized carbons (Fsp3) is 0.833. The van der Waals surface area contributed by atoms with Crippen molar-refractivity contribution in [1.82, 2.24) is 10.2 Å². The van der Waals surface area contributed by atoms with Gasteiger partial charge in [-0.25, -0.2) is 0 Å². The van der Waals surface area contributed by atoms with Crippen molar-refractivity contribution in [1.29, 1.82) is 0 Å². The number of nitrogens with zero attached hydrogens (tertiary/aromatic N) is 1. The minimum Gasteiger partial charge on any atom is -0.391 e. The number of carbonyl (C=O) groups is 2. The number of nitrogens with one attached hydrogen (secondary N) is 1. The maximum absolute atomic E-state index is 11.5. The van der Waals surface area contributed by atoms with Gasteiger partial charge in [0.2, 0.25) is 11.8 Å². The van der Waals surface area contributed by atoms with Crippen molar-refractivity contribution >= 4 is 11.8 Å². The Kier molecular flexibility index (Phi) is 5.41. The molecule has 0 aromatic heterocycles. The number of hydrogen-bond donors (Lipinski definition) is 2. The molecule has 1 unspecified atom stereocenters. The van der Waals surface area contributed by atoms with Crippen molar-refractivity contribution < 1.29 is 14.7 Å². The molecule has 0 saturated carbocycles. The SMILES string of the molecule is CC(C)CC(O)CNC(=O)CN1CCCC1=O. The van der Waals surface area contributed by atoms with Gasteiger partial charge in [-0.15, -0.1) is 0 Å². The fourth-order valence-corrected chi connectivity index (χ4v) is 1.96. The van der Waals surface area contributed by atoms with Crippen LogP contribution in [0.2, 0.25) is 0 Å². The van der Waals surface area contributed by atoms with E-state index in [1.165, 1.54) is 0 Å². The summed E-state index contributed by atoms with van der Waals surface area (Å²) in [6, 6.07) is 0. The number of aliphatic hydroxyl groups excluding tert-OH is 1. The highest BCUT2D eigenvalue weighted by atomic mass is 16.3. The Morgan fingerprint density at radius 1 is 1.53 bits per heavy atom. The summed E-state index contributed by atoms with van der Waals surface area (Å²) in [4.78, 5) is 24.4. The summed E-state index contributed by atoms with van der Waals surface area (Å²) in [5.41, 5.74) is 0. The second-order valence-corrected chi connectivity index (χ2v) is 5.01. The number of carbonyl (C=O) groups excluding carboxylic acids is 2. The summed E-state index contributed by atoms with van der Waals surface area (Å²) in [7, 11) is 0. The Balaban J connectivity index is 2.18. The van der Waals surface area contributed by atoms with Gasteiger partial charge in [-0.05, 0) is 18.8 Å². The van der Waals surface area contributed by atoms with E-state index >= 15 is 0 Å². The molecule has 0 aliphatic carbocycles. The van der Waals surface area contributed by atoms with Crippen LogP contribution in [0, 0.1) is 5.92 Å². The predicted molar refractivity (Wildman–Crippen MR) is 64.3 cm³/mol. The molecule has 0 bridgehead atoms. The van der Waals surface area contributed by atoms with E-state index in [0.29, 0.717) is 25.3 Å². The Morgan fingerprint density at radius 2 is 2.24 bits per heavy atom. The first-order chi connectivity index (χ1) is 7.99. The third-order valence-electron chi connectivity index (χ3n) is 2.78. The monoisotopic (exact) mass is 242 g/mol. The molecule has 1 saturated heterocycles. The summed E-state index contributed by atoms with van der Waals surface area (Å²) in [6.45, 7) is 5.09. The molecule has 1 aliphatic heterocycles. The van der Waals surface area contributed by atoms with Crippen LogP contribution in [0.5, 0.6) is 0 Å². The maximum atomic E-state index is 11.5. The van der Waals surface area contributed by atoms with E-state index in [1.807, 2.05) is 13.8 Å². The normalized spacial score (nSPS) is 17.6. The first kappa shape index (κ1) is 14.0. The average molecular weight is 242 g/mol. The smallest absolute Gasteiger partial charge is 0.239 e. The van der Waals surface area contributed by atoms with Crippen LogP contribution in [0.15, 0.2) is 0 Å². The van der Waals surface area contributed by atoms with Gasteiger partial charge in [-0.2, -0.15) is 0 Å². The highest BCUT2D eigenvalue weighted by Crippen LogP contribution is 2.08. The van der Waals surface area contributed by atoms with Crippen molar-refractivity contribution in [2.75, 3.05) is 19.6 Å². The Morgan fingerprint density at radius 3 is 2.76 bits per heavy atom. The largest absolute Gasteiger partial charge is 0.391 e. The van der Waals surface area contributed by atoms with E-state index in [9.17, 15) is 14.7 Å². The molecule has 0 radical (unpaired) electrons. The molecular weight excluding hydrogens is 220 g/mol. The predicted octanol–water partition coefficient (Wildman–Crippen LogP) is 0.132. The molecular formula is C12H22N2O3. The van der Waals surface area contributed by atoms with Gasteiger partial charge in [0.05, 0.1) is 12.6 Å². The lowest BCUT2D eigenvalue weighted by Gasteiger charge is -2.17. The van der Waals surface area contributed by atoms with Crippen molar-refractivity contribution in [2.24, 2.45) is 5.92 Å². The van der Waals surface area contributed by atoms with E-state index in [2.05, 4.69) is 5.32 Å². The van der Waals surface area contributed by atoms with Gasteiger partial charge in [0.15, 0.2) is 0 Å². The second-order valence-electron chi connectivity index (χ2n) is 5.01. The van der Waals surface area contributed by atoms with Crippen molar-refractivity contribution in [3.63, 3.8) is 0 Å². The molecule has 1 atom stereocenters. The lowest BCUT2D eigenvalue weighted by Crippen LogP contribution is -2.40. The molecule has 0 spiro atoms. The third-order valence-corrected chi connectivity index (χ3v) is 2.78. The van der Waals surface area contributed by atoms with E-state index < -0.39 is 6.10 Å². The van der Waals surface area contributed by atoms with E-state index in [-0.39, 0.29) is 24.9 Å². The molecule has 0 aromatic rings. The second kappa shape index (κ2) is 6.59. The molecule has 1 heterocycles. The van der Waals surface area contributed by atoms with E-state index in [4.69, 9.17) is 0 Å². The molecule has 5 heteroatoms. The standard InChI is InChI=1S/C12H22N2O3/c1-9(2)6-10(15)7-13-11(16)8-14-5-3-4-12(14)17/h9-10,15H,3-8H2,1-2H3,(H,13,16). The zero-order chi connectivity index (χ0) is 12.8. The van der Waals surface area contributed by atoms with Gasteiger partial charge in [0, 0.05) is 19.5 Å². The van der Waals surface area contributed by atoms with Crippen molar-refractivity contribution in [2.45, 2.75) is 39.2 Å². The number of likely N-dealkylation sites (tertiary alicyclic amines) is 1. The molecule has 98 valence electrons. The zero-order valence-electron chi connectivity index (χ0n) is 10.6. The highest BCUT2D eigenvalue weighted by molar-refractivity contribution is 5.85. The Hall–Kier alpha value is -1.10. The fourth-order valence-electron chi connectivity index (χ4n) is 1.96. The number of rotatable bonds is 6. The topological polar surface area (TPSA) is 69.6 Å². The third kappa shape index (κ3) is 5.17. The summed E-state index contributed by atoms with van der Waals surface area (Å²) in [5.74, 6) is 0.257. The van der Waals surface area contributed by atoms with Crippen LogP contribution < -0.4 is 5.32 Å². The van der Waals surface area contributed by atoms with Gasteiger partial charge in [0.1, 0.15) is 0 Å². The van der Waals surface area contributed by atoms with Crippen LogP contribution in [-0.2, 0) is 9.59 Å². The summed E-state index contributed by atoms with van der Waals surface area (Å²) < 4.78 is 0. The number of amides is 2. The van der Waals surface area contributed by atoms with Gasteiger partial charge in [-0.1, -0.05) is 13.8 Å². The lowest BCUT2D eigenvalue weighted by atomic mass is 10.1. The van der Waals surface area contributed by atoms with Crippen LogP contribution in [0.1, 0.15) is 33.1 Å². The van der Waals surface area contributed by atoms with Crippen LogP contribution in [0.4, 0.5) is 0 Å². The molecule has 1 rings (SSSR count). The molecule has 0 aromatic carbocycles. The first-order valence-corrected chi connectivity index (χ1v) is 6.21. The Labute approximate surface area is 102 Å². The van der Waals surface area contributed by atoms with Crippen molar-refractivity contribution in [3.05, 3.63) is 0 Å². The van der Waals surface area contributed by atoms with Gasteiger partial charge >= 0.3 is 0 Å². The van der Waals surface area contributed by atoms with Crippen molar-refractivity contribution in [3.8, 4) is 0 Å². The maximum Gasteiger partial charge on any atom is 0.239 e. The summed E-state index contributed by atoms with van der Waals surface area (Å²) >= 11 is 0. The van der Waals surface area contributed by atoms with E-state index in [1.54, 1.807) is 4.90 Å². The molecule has 1 fully saturated rings. The first-order valence-electron chi connectivity index (χ1n) is 6.21. The van der Waals surface area contributed by atoms with Gasteiger partial charge in [-0.3, -0.25) is 9.59 Å². The minimum absolute atomic E-state index is 0.0443. The summed E-state index contributed by atoms with van der Waals surface area (Å²) in [6.07, 6.45) is 1.54. The summed E-state index contributed by atoms with van der Waals surface area (Å²) in [5, 5.41) is 12.2. The number of hydrogen-bond acceptors (Lipinski definition) is 3. The van der Waals surface area contributed by atoms with Crippen LogP contribution in [-0.4, -0.2) is 47.6 Å². The molecule has 2 N–H and O–H groups in total.